The van der Waals surface area contributed by atoms with Crippen LogP contribution in [0, 0.1) is 6.92 Å². The largest absolute Gasteiger partial charge is 0.320 e. The number of aromatic nitrogens is 3. The topological polar surface area (TPSA) is 71.8 Å². The van der Waals surface area contributed by atoms with Crippen LogP contribution < -0.4 is 10.6 Å². The monoisotopic (exact) mass is 363 g/mol. The number of anilines is 1. The van der Waals surface area contributed by atoms with E-state index in [9.17, 15) is 4.79 Å². The standard InChI is InChI=1S/C15H18BrN5O/c1-10-12(16)3-2-4-13(10)18-15(22)14-9-21(20-19-14)11-5-7-17-8-6-11/h2-4,9,11,17H,5-8H2,1H3,(H,18,22). The highest BCUT2D eigenvalue weighted by Gasteiger charge is 2.19. The summed E-state index contributed by atoms with van der Waals surface area (Å²) in [7, 11) is 0. The van der Waals surface area contributed by atoms with Gasteiger partial charge in [-0.2, -0.15) is 0 Å². The zero-order chi connectivity index (χ0) is 15.5. The summed E-state index contributed by atoms with van der Waals surface area (Å²) < 4.78 is 2.77. The fraction of sp³-hybridized carbons (Fsp3) is 0.400. The Morgan fingerprint density at radius 1 is 1.41 bits per heavy atom. The van der Waals surface area contributed by atoms with Crippen LogP contribution in [0.4, 0.5) is 5.69 Å². The van der Waals surface area contributed by atoms with Crippen LogP contribution in [0.5, 0.6) is 0 Å². The summed E-state index contributed by atoms with van der Waals surface area (Å²) in [6.45, 7) is 3.90. The molecule has 22 heavy (non-hydrogen) atoms. The molecular weight excluding hydrogens is 346 g/mol. The van der Waals surface area contributed by atoms with Crippen LogP contribution in [0.1, 0.15) is 34.9 Å². The Balaban J connectivity index is 1.72. The Kier molecular flexibility index (Phi) is 4.54. The minimum atomic E-state index is -0.235. The van der Waals surface area contributed by atoms with E-state index in [1.54, 1.807) is 6.20 Å². The second-order valence-electron chi connectivity index (χ2n) is 5.43. The van der Waals surface area contributed by atoms with Gasteiger partial charge >= 0.3 is 0 Å². The first-order valence-electron chi connectivity index (χ1n) is 7.34. The number of carbonyl (C=O) groups excluding carboxylic acids is 1. The summed E-state index contributed by atoms with van der Waals surface area (Å²) in [5, 5.41) is 14.3. The SMILES string of the molecule is Cc1c(Br)cccc1NC(=O)c1cn(C2CCNCC2)nn1. The number of rotatable bonds is 3. The summed E-state index contributed by atoms with van der Waals surface area (Å²) >= 11 is 3.46. The number of hydrogen-bond acceptors (Lipinski definition) is 4. The Hall–Kier alpha value is -1.73. The van der Waals surface area contributed by atoms with Crippen LogP contribution in [-0.4, -0.2) is 34.0 Å². The molecule has 1 amide bonds. The van der Waals surface area contributed by atoms with Gasteiger partial charge in [0.05, 0.1) is 12.2 Å². The lowest BCUT2D eigenvalue weighted by Gasteiger charge is -2.22. The van der Waals surface area contributed by atoms with Gasteiger partial charge in [0.2, 0.25) is 0 Å². The van der Waals surface area contributed by atoms with Crippen LogP contribution in [0.25, 0.3) is 0 Å². The molecule has 0 bridgehead atoms. The zero-order valence-electron chi connectivity index (χ0n) is 12.3. The van der Waals surface area contributed by atoms with E-state index >= 15 is 0 Å². The second kappa shape index (κ2) is 6.58. The van der Waals surface area contributed by atoms with E-state index in [-0.39, 0.29) is 5.91 Å². The van der Waals surface area contributed by atoms with Crippen molar-refractivity contribution in [1.29, 1.82) is 0 Å². The molecule has 1 saturated heterocycles. The van der Waals surface area contributed by atoms with E-state index in [1.165, 1.54) is 0 Å². The number of hydrogen-bond donors (Lipinski definition) is 2. The van der Waals surface area contributed by atoms with E-state index in [0.29, 0.717) is 11.7 Å². The fourth-order valence-electron chi connectivity index (χ4n) is 2.56. The van der Waals surface area contributed by atoms with Crippen molar-refractivity contribution in [2.75, 3.05) is 18.4 Å². The van der Waals surface area contributed by atoms with Crippen LogP contribution in [0.3, 0.4) is 0 Å². The molecule has 1 aromatic heterocycles. The molecule has 2 heterocycles. The Morgan fingerprint density at radius 2 is 2.18 bits per heavy atom. The third kappa shape index (κ3) is 3.20. The molecule has 0 aliphatic carbocycles. The molecule has 0 radical (unpaired) electrons. The van der Waals surface area contributed by atoms with E-state index < -0.39 is 0 Å². The molecule has 1 fully saturated rings. The smallest absolute Gasteiger partial charge is 0.277 e. The van der Waals surface area contributed by atoms with Crippen molar-refractivity contribution in [3.05, 3.63) is 40.1 Å². The summed E-state index contributed by atoms with van der Waals surface area (Å²) in [6.07, 6.45) is 3.75. The second-order valence-corrected chi connectivity index (χ2v) is 6.29. The van der Waals surface area contributed by atoms with Crippen molar-refractivity contribution in [1.82, 2.24) is 20.3 Å². The summed E-state index contributed by atoms with van der Waals surface area (Å²) in [5.41, 5.74) is 2.11. The lowest BCUT2D eigenvalue weighted by atomic mass is 10.1. The predicted octanol–water partition coefficient (Wildman–Crippen LogP) is 2.53. The van der Waals surface area contributed by atoms with Crippen molar-refractivity contribution >= 4 is 27.5 Å². The van der Waals surface area contributed by atoms with Crippen molar-refractivity contribution in [3.8, 4) is 0 Å². The summed E-state index contributed by atoms with van der Waals surface area (Å²) in [6, 6.07) is 6.02. The summed E-state index contributed by atoms with van der Waals surface area (Å²) in [4.78, 5) is 12.3. The molecule has 6 nitrogen and oxygen atoms in total. The quantitative estimate of drug-likeness (QED) is 0.878. The van der Waals surface area contributed by atoms with Gasteiger partial charge in [0, 0.05) is 10.2 Å². The van der Waals surface area contributed by atoms with E-state index in [4.69, 9.17) is 0 Å². The van der Waals surface area contributed by atoms with Crippen molar-refractivity contribution in [3.63, 3.8) is 0 Å². The van der Waals surface area contributed by atoms with Gasteiger partial charge in [-0.25, -0.2) is 4.68 Å². The first-order chi connectivity index (χ1) is 10.6. The molecule has 0 atom stereocenters. The van der Waals surface area contributed by atoms with Gasteiger partial charge in [-0.3, -0.25) is 4.79 Å². The van der Waals surface area contributed by atoms with Gasteiger partial charge in [0.25, 0.3) is 5.91 Å². The number of nitrogens with zero attached hydrogens (tertiary/aromatic N) is 3. The molecule has 1 aliphatic rings. The van der Waals surface area contributed by atoms with Crippen LogP contribution in [0.15, 0.2) is 28.9 Å². The first-order valence-corrected chi connectivity index (χ1v) is 8.13. The third-order valence-electron chi connectivity index (χ3n) is 3.94. The fourth-order valence-corrected chi connectivity index (χ4v) is 2.93. The average Bonchev–Trinajstić information content (AvgIpc) is 3.03. The maximum absolute atomic E-state index is 12.3. The predicted molar refractivity (Wildman–Crippen MR) is 88.0 cm³/mol. The van der Waals surface area contributed by atoms with Gasteiger partial charge in [0.15, 0.2) is 5.69 Å². The van der Waals surface area contributed by atoms with Gasteiger partial charge < -0.3 is 10.6 Å². The highest BCUT2D eigenvalue weighted by atomic mass is 79.9. The van der Waals surface area contributed by atoms with Gasteiger partial charge in [0.1, 0.15) is 0 Å². The summed E-state index contributed by atoms with van der Waals surface area (Å²) in [5.74, 6) is -0.235. The number of nitrogens with one attached hydrogen (secondary N) is 2. The van der Waals surface area contributed by atoms with Crippen molar-refractivity contribution in [2.45, 2.75) is 25.8 Å². The number of piperidine rings is 1. The maximum Gasteiger partial charge on any atom is 0.277 e. The lowest BCUT2D eigenvalue weighted by molar-refractivity contribution is 0.102. The molecule has 1 aromatic carbocycles. The molecule has 3 rings (SSSR count). The minimum Gasteiger partial charge on any atom is -0.320 e. The number of carbonyl (C=O) groups is 1. The Morgan fingerprint density at radius 3 is 2.95 bits per heavy atom. The lowest BCUT2D eigenvalue weighted by Crippen LogP contribution is -2.29. The molecule has 1 aliphatic heterocycles. The van der Waals surface area contributed by atoms with E-state index in [1.807, 2.05) is 29.8 Å². The zero-order valence-corrected chi connectivity index (χ0v) is 13.9. The third-order valence-corrected chi connectivity index (χ3v) is 4.80. The van der Waals surface area contributed by atoms with Crippen LogP contribution in [0.2, 0.25) is 0 Å². The molecule has 0 spiro atoms. The Bertz CT molecular complexity index is 678. The van der Waals surface area contributed by atoms with Gasteiger partial charge in [-0.1, -0.05) is 27.2 Å². The van der Waals surface area contributed by atoms with Gasteiger partial charge in [-0.15, -0.1) is 5.10 Å². The van der Waals surface area contributed by atoms with Crippen LogP contribution in [-0.2, 0) is 0 Å². The van der Waals surface area contributed by atoms with Gasteiger partial charge in [-0.05, 0) is 50.6 Å². The maximum atomic E-state index is 12.3. The average molecular weight is 364 g/mol. The number of halogens is 1. The molecule has 2 N–H and O–H groups in total. The van der Waals surface area contributed by atoms with E-state index in [2.05, 4.69) is 36.9 Å². The van der Waals surface area contributed by atoms with E-state index in [0.717, 1.165) is 41.7 Å². The Labute approximate surface area is 137 Å². The first kappa shape index (κ1) is 15.2. The normalized spacial score (nSPS) is 15.7. The molecule has 0 saturated carbocycles. The van der Waals surface area contributed by atoms with Crippen molar-refractivity contribution in [2.24, 2.45) is 0 Å². The minimum absolute atomic E-state index is 0.235. The molecule has 7 heteroatoms. The van der Waals surface area contributed by atoms with Crippen molar-refractivity contribution < 1.29 is 4.79 Å². The number of benzene rings is 1. The molecule has 2 aromatic rings. The highest BCUT2D eigenvalue weighted by molar-refractivity contribution is 9.10. The highest BCUT2D eigenvalue weighted by Crippen LogP contribution is 2.24. The molecule has 0 unspecified atom stereocenters. The molecular formula is C15H18BrN5O. The van der Waals surface area contributed by atoms with Crippen LogP contribution >= 0.6 is 15.9 Å². The number of amides is 1. The molecule has 116 valence electrons.